The molecule has 0 spiro atoms. The van der Waals surface area contributed by atoms with Crippen LogP contribution in [0, 0.1) is 11.8 Å². The van der Waals surface area contributed by atoms with Crippen molar-refractivity contribution in [3.63, 3.8) is 0 Å². The van der Waals surface area contributed by atoms with Crippen molar-refractivity contribution in [3.8, 4) is 0 Å². The Labute approximate surface area is 393 Å². The standard InChI is InChI=1S/C50H56N12O6/c63-41-18-17-40(48(66)58-41)62-49(67)38-7-4-8-39(44(38)50(62)68)51-27-43(65)52-26-32-9-11-33(12-10-32)28-59-19-21-60(22-20-59)36-15-13-34(14-16-36)57-46-45-47(54-29-53-46)61(30-55-45)37-24-35(25-37)56-42(64)23-31-5-2-1-3-6-31/h1-8,13-16,29-30,32-33,35,37,40,51H,9-12,17-28H2,(H,52,65)(H,56,64)(H,53,54,57)(H,58,63,66). The lowest BCUT2D eigenvalue weighted by atomic mass is 9.81. The molecule has 3 aliphatic heterocycles. The van der Waals surface area contributed by atoms with Crippen LogP contribution in [0.2, 0.25) is 0 Å². The van der Waals surface area contributed by atoms with Gasteiger partial charge in [-0.3, -0.25) is 43.9 Å². The normalized spacial score (nSPS) is 22.9. The zero-order chi connectivity index (χ0) is 46.7. The van der Waals surface area contributed by atoms with Gasteiger partial charge in [0.15, 0.2) is 17.0 Å². The van der Waals surface area contributed by atoms with Gasteiger partial charge in [0.2, 0.25) is 23.6 Å². The third-order valence-electron chi connectivity index (χ3n) is 14.3. The Morgan fingerprint density at radius 2 is 1.53 bits per heavy atom. The Kier molecular flexibility index (Phi) is 12.8. The number of aromatic nitrogens is 4. The van der Waals surface area contributed by atoms with E-state index in [-0.39, 0.29) is 54.4 Å². The molecule has 10 rings (SSSR count). The maximum atomic E-state index is 13.4. The summed E-state index contributed by atoms with van der Waals surface area (Å²) in [6, 6.07) is 22.4. The lowest BCUT2D eigenvalue weighted by Gasteiger charge is -2.39. The highest BCUT2D eigenvalue weighted by molar-refractivity contribution is 6.25. The Hall–Kier alpha value is -7.21. The molecule has 0 radical (unpaired) electrons. The first-order valence-electron chi connectivity index (χ1n) is 23.8. The van der Waals surface area contributed by atoms with Gasteiger partial charge in [0.25, 0.3) is 11.8 Å². The number of hydrogen-bond donors (Lipinski definition) is 5. The molecule has 4 fully saturated rings. The molecule has 3 aromatic carbocycles. The summed E-state index contributed by atoms with van der Waals surface area (Å²) in [5, 5.41) is 14.9. The average molecular weight is 921 g/mol. The molecular formula is C50H56N12O6. The summed E-state index contributed by atoms with van der Waals surface area (Å²) in [5.41, 5.74) is 5.26. The lowest BCUT2D eigenvalue weighted by Crippen LogP contribution is -2.54. The number of anilines is 4. The van der Waals surface area contributed by atoms with E-state index in [1.807, 2.05) is 36.7 Å². The number of nitrogens with one attached hydrogen (secondary N) is 5. The summed E-state index contributed by atoms with van der Waals surface area (Å²) < 4.78 is 2.10. The highest BCUT2D eigenvalue weighted by atomic mass is 16.2. The highest BCUT2D eigenvalue weighted by Crippen LogP contribution is 2.36. The van der Waals surface area contributed by atoms with Crippen LogP contribution in [0.4, 0.5) is 22.9 Å². The van der Waals surface area contributed by atoms with Gasteiger partial charge in [0.1, 0.15) is 12.4 Å². The minimum atomic E-state index is -1.05. The molecule has 68 heavy (non-hydrogen) atoms. The molecule has 5 aromatic rings. The van der Waals surface area contributed by atoms with Gasteiger partial charge < -0.3 is 30.7 Å². The SMILES string of the molecule is O=C(CNc1cccc2c1C(=O)N(C1CCC(=O)NC1=O)C2=O)NCC1CCC(CN2CCN(c3ccc(Nc4ncnc5c4ncn5C4CC(NC(=O)Cc5ccccc5)C4)cc3)CC2)CC1. The van der Waals surface area contributed by atoms with Crippen molar-refractivity contribution in [2.45, 2.75) is 75.9 Å². The number of carbonyl (C=O) groups excluding carboxylic acids is 6. The molecule has 2 saturated carbocycles. The summed E-state index contributed by atoms with van der Waals surface area (Å²) in [5.74, 6) is -0.769. The van der Waals surface area contributed by atoms with Crippen LogP contribution in [0.15, 0.2) is 85.5 Å². The fraction of sp³-hybridized carbons (Fsp3) is 0.420. The fourth-order valence-corrected chi connectivity index (χ4v) is 10.4. The summed E-state index contributed by atoms with van der Waals surface area (Å²) >= 11 is 0. The first kappa shape index (κ1) is 44.6. The van der Waals surface area contributed by atoms with E-state index in [1.54, 1.807) is 18.5 Å². The summed E-state index contributed by atoms with van der Waals surface area (Å²) in [4.78, 5) is 95.9. The van der Waals surface area contributed by atoms with E-state index in [9.17, 15) is 28.8 Å². The smallest absolute Gasteiger partial charge is 0.264 e. The average Bonchev–Trinajstić information content (AvgIpc) is 3.88. The first-order valence-corrected chi connectivity index (χ1v) is 23.8. The predicted molar refractivity (Wildman–Crippen MR) is 254 cm³/mol. The summed E-state index contributed by atoms with van der Waals surface area (Å²) in [6.45, 7) is 5.53. The van der Waals surface area contributed by atoms with E-state index < -0.39 is 29.7 Å². The van der Waals surface area contributed by atoms with E-state index in [0.29, 0.717) is 41.8 Å². The Morgan fingerprint density at radius 3 is 2.29 bits per heavy atom. The van der Waals surface area contributed by atoms with E-state index in [1.165, 1.54) is 11.8 Å². The molecule has 5 aliphatic rings. The van der Waals surface area contributed by atoms with Crippen LogP contribution in [0.25, 0.3) is 11.2 Å². The van der Waals surface area contributed by atoms with Crippen molar-refractivity contribution in [1.82, 2.24) is 45.3 Å². The topological polar surface area (TPSA) is 216 Å². The van der Waals surface area contributed by atoms with Gasteiger partial charge in [0, 0.05) is 74.8 Å². The Morgan fingerprint density at radius 1 is 0.765 bits per heavy atom. The second-order valence-corrected chi connectivity index (χ2v) is 18.8. The van der Waals surface area contributed by atoms with E-state index in [4.69, 9.17) is 0 Å². The second kappa shape index (κ2) is 19.6. The number of imide groups is 2. The van der Waals surface area contributed by atoms with Gasteiger partial charge in [-0.2, -0.15) is 0 Å². The van der Waals surface area contributed by atoms with Gasteiger partial charge in [-0.05, 0) is 98.7 Å². The van der Waals surface area contributed by atoms with Gasteiger partial charge in [-0.25, -0.2) is 15.0 Å². The second-order valence-electron chi connectivity index (χ2n) is 18.8. The molecule has 2 saturated heterocycles. The monoisotopic (exact) mass is 920 g/mol. The number of rotatable bonds is 15. The minimum Gasteiger partial charge on any atom is -0.375 e. The highest BCUT2D eigenvalue weighted by Gasteiger charge is 2.45. The van der Waals surface area contributed by atoms with E-state index in [0.717, 1.165) is 93.0 Å². The number of piperidine rings is 1. The predicted octanol–water partition coefficient (Wildman–Crippen LogP) is 4.19. The van der Waals surface area contributed by atoms with Gasteiger partial charge in [0.05, 0.1) is 30.4 Å². The van der Waals surface area contributed by atoms with Crippen LogP contribution in [0.5, 0.6) is 0 Å². The third kappa shape index (κ3) is 9.63. The number of amides is 6. The van der Waals surface area contributed by atoms with Crippen molar-refractivity contribution >= 4 is 69.5 Å². The molecule has 0 bridgehead atoms. The molecule has 18 nitrogen and oxygen atoms in total. The number of carbonyl (C=O) groups is 6. The maximum absolute atomic E-state index is 13.4. The van der Waals surface area contributed by atoms with Crippen LogP contribution in [-0.4, -0.2) is 123 Å². The largest absolute Gasteiger partial charge is 0.375 e. The van der Waals surface area contributed by atoms with Crippen molar-refractivity contribution in [2.75, 3.05) is 61.3 Å². The number of imidazole rings is 1. The molecule has 2 aromatic heterocycles. The molecule has 5 N–H and O–H groups in total. The van der Waals surface area contributed by atoms with Gasteiger partial charge >= 0.3 is 0 Å². The van der Waals surface area contributed by atoms with E-state index in [2.05, 4.69) is 80.2 Å². The zero-order valence-corrected chi connectivity index (χ0v) is 37.9. The van der Waals surface area contributed by atoms with Crippen LogP contribution in [0.3, 0.4) is 0 Å². The number of benzene rings is 3. The van der Waals surface area contributed by atoms with Crippen LogP contribution < -0.4 is 31.5 Å². The van der Waals surface area contributed by atoms with Crippen LogP contribution in [-0.2, 0) is 25.6 Å². The molecule has 5 heterocycles. The first-order chi connectivity index (χ1) is 33.1. The molecule has 1 atom stereocenters. The fourth-order valence-electron chi connectivity index (χ4n) is 10.4. The van der Waals surface area contributed by atoms with Gasteiger partial charge in [-0.1, -0.05) is 36.4 Å². The lowest BCUT2D eigenvalue weighted by molar-refractivity contribution is -0.136. The van der Waals surface area contributed by atoms with Crippen molar-refractivity contribution in [3.05, 3.63) is 102 Å². The molecule has 6 amide bonds. The molecule has 18 heteroatoms. The minimum absolute atomic E-state index is 0.0425. The summed E-state index contributed by atoms with van der Waals surface area (Å²) in [6.07, 6.45) is 9.91. The van der Waals surface area contributed by atoms with E-state index >= 15 is 0 Å². The summed E-state index contributed by atoms with van der Waals surface area (Å²) in [7, 11) is 0. The number of hydrogen-bond acceptors (Lipinski definition) is 13. The molecule has 352 valence electrons. The van der Waals surface area contributed by atoms with Crippen LogP contribution in [0.1, 0.15) is 83.7 Å². The van der Waals surface area contributed by atoms with Crippen molar-refractivity contribution < 1.29 is 28.8 Å². The zero-order valence-electron chi connectivity index (χ0n) is 37.9. The maximum Gasteiger partial charge on any atom is 0.264 e. The van der Waals surface area contributed by atoms with Gasteiger partial charge in [-0.15, -0.1) is 0 Å². The quantitative estimate of drug-likeness (QED) is 0.0933. The Bertz CT molecular complexity index is 2710. The Balaban J connectivity index is 0.626. The molecule has 2 aliphatic carbocycles. The number of fused-ring (bicyclic) bond motifs is 2. The third-order valence-corrected chi connectivity index (χ3v) is 14.3. The molecule has 1 unspecified atom stereocenters. The van der Waals surface area contributed by atoms with Crippen molar-refractivity contribution in [2.24, 2.45) is 11.8 Å². The number of nitrogens with zero attached hydrogens (tertiary/aromatic N) is 7. The molecular weight excluding hydrogens is 865 g/mol. The van der Waals surface area contributed by atoms with Crippen LogP contribution >= 0.6 is 0 Å². The van der Waals surface area contributed by atoms with Crippen molar-refractivity contribution in [1.29, 1.82) is 0 Å². The number of piperazine rings is 1.